The van der Waals surface area contributed by atoms with Gasteiger partial charge in [-0.3, -0.25) is 0 Å². The summed E-state index contributed by atoms with van der Waals surface area (Å²) < 4.78 is 15.6. The van der Waals surface area contributed by atoms with Crippen molar-refractivity contribution in [1.82, 2.24) is 0 Å². The van der Waals surface area contributed by atoms with Crippen LogP contribution in [0.2, 0.25) is 0 Å². The largest absolute Gasteiger partial charge is 0.777 e. The Labute approximate surface area is 72.7 Å². The molecule has 0 aromatic heterocycles. The van der Waals surface area contributed by atoms with Crippen molar-refractivity contribution >= 4 is 7.60 Å². The number of quaternary nitrogens is 1. The van der Waals surface area contributed by atoms with Crippen LogP contribution < -0.4 is 4.89 Å². The van der Waals surface area contributed by atoms with Crippen molar-refractivity contribution in [2.24, 2.45) is 0 Å². The predicted molar refractivity (Wildman–Crippen MR) is 43.5 cm³/mol. The molecule has 1 atom stereocenters. The minimum absolute atomic E-state index is 0.330. The number of hydrogen-bond acceptors (Lipinski definition) is 3. The van der Waals surface area contributed by atoms with Crippen LogP contribution in [0.3, 0.4) is 0 Å². The van der Waals surface area contributed by atoms with Gasteiger partial charge in [-0.15, -0.1) is 0 Å². The van der Waals surface area contributed by atoms with Crippen molar-refractivity contribution in [2.75, 3.05) is 40.6 Å². The Morgan fingerprint density at radius 3 is 2.33 bits per heavy atom. The van der Waals surface area contributed by atoms with Gasteiger partial charge in [0.15, 0.2) is 7.60 Å². The van der Waals surface area contributed by atoms with Crippen LogP contribution in [0.15, 0.2) is 0 Å². The van der Waals surface area contributed by atoms with Gasteiger partial charge < -0.3 is 23.6 Å². The molecule has 1 unspecified atom stereocenters. The summed E-state index contributed by atoms with van der Waals surface area (Å²) >= 11 is 0. The van der Waals surface area contributed by atoms with Crippen LogP contribution in [0.1, 0.15) is 0 Å². The molecule has 12 heavy (non-hydrogen) atoms. The first kappa shape index (κ1) is 12.1. The van der Waals surface area contributed by atoms with Crippen molar-refractivity contribution in [2.45, 2.75) is 0 Å². The third-order valence-electron chi connectivity index (χ3n) is 1.16. The summed E-state index contributed by atoms with van der Waals surface area (Å²) in [5, 5.41) is 0. The molecular weight excluding hydrogens is 181 g/mol. The molecule has 0 saturated heterocycles. The maximum absolute atomic E-state index is 10.2. The fraction of sp³-hybridized carbons (Fsp3) is 1.00. The lowest BCUT2D eigenvalue weighted by molar-refractivity contribution is -0.870. The van der Waals surface area contributed by atoms with Gasteiger partial charge in [0.1, 0.15) is 12.9 Å². The molecule has 0 aliphatic carbocycles. The van der Waals surface area contributed by atoms with E-state index in [1.54, 1.807) is 0 Å². The second-order valence-electron chi connectivity index (χ2n) is 3.69. The van der Waals surface area contributed by atoms with Gasteiger partial charge in [-0.1, -0.05) is 0 Å². The van der Waals surface area contributed by atoms with Crippen LogP contribution in [-0.4, -0.2) is 50.0 Å². The lowest BCUT2D eigenvalue weighted by Crippen LogP contribution is -2.37. The zero-order valence-electron chi connectivity index (χ0n) is 7.69. The molecule has 0 heterocycles. The monoisotopic (exact) mass is 197 g/mol. The molecule has 0 rings (SSSR count). The molecule has 1 N–H and O–H groups in total. The first-order valence-corrected chi connectivity index (χ1v) is 5.38. The third kappa shape index (κ3) is 10.1. The molecule has 0 saturated carbocycles. The molecule has 0 fully saturated rings. The van der Waals surface area contributed by atoms with Gasteiger partial charge in [0.25, 0.3) is 0 Å². The maximum atomic E-state index is 10.2. The van der Waals surface area contributed by atoms with Gasteiger partial charge in [0.05, 0.1) is 27.7 Å². The quantitative estimate of drug-likeness (QED) is 0.356. The highest BCUT2D eigenvalue weighted by molar-refractivity contribution is 7.50. The van der Waals surface area contributed by atoms with Crippen molar-refractivity contribution in [1.29, 1.82) is 0 Å². The zero-order valence-corrected chi connectivity index (χ0v) is 8.58. The van der Waals surface area contributed by atoms with Crippen molar-refractivity contribution in [3.05, 3.63) is 0 Å². The van der Waals surface area contributed by atoms with E-state index in [0.29, 0.717) is 17.6 Å². The van der Waals surface area contributed by atoms with Crippen LogP contribution >= 0.6 is 7.60 Å². The number of nitrogens with zero attached hydrogens (tertiary/aromatic N) is 1. The standard InChI is InChI=1S/C6H16NO4P/c1-7(2,3)4-5-11-6-12(8,9)10/h4-6H2,1-3H3,(H-,8,9,10). The highest BCUT2D eigenvalue weighted by Gasteiger charge is 2.07. The lowest BCUT2D eigenvalue weighted by atomic mass is 10.5. The van der Waals surface area contributed by atoms with E-state index in [0.717, 1.165) is 0 Å². The fourth-order valence-electron chi connectivity index (χ4n) is 0.518. The normalized spacial score (nSPS) is 17.4. The van der Waals surface area contributed by atoms with Gasteiger partial charge in [-0.05, 0) is 0 Å². The second-order valence-corrected chi connectivity index (χ2v) is 5.22. The predicted octanol–water partition coefficient (Wildman–Crippen LogP) is -0.788. The summed E-state index contributed by atoms with van der Waals surface area (Å²) in [4.78, 5) is 18.5. The minimum atomic E-state index is -4.23. The molecule has 0 spiro atoms. The summed E-state index contributed by atoms with van der Waals surface area (Å²) in [7, 11) is 1.69. The molecule has 5 nitrogen and oxygen atoms in total. The smallest absolute Gasteiger partial charge is 0.158 e. The lowest BCUT2D eigenvalue weighted by Gasteiger charge is -2.24. The van der Waals surface area contributed by atoms with E-state index in [1.165, 1.54) is 0 Å². The molecule has 0 aromatic carbocycles. The number of ether oxygens (including phenoxy) is 1. The fourth-order valence-corrected chi connectivity index (χ4v) is 0.878. The number of hydrogen-bond donors (Lipinski definition) is 1. The summed E-state index contributed by atoms with van der Waals surface area (Å²) in [6.45, 7) is 1.04. The van der Waals surface area contributed by atoms with Crippen LogP contribution in [-0.2, 0) is 9.30 Å². The molecule has 0 aliphatic rings. The number of likely N-dealkylation sites (N-methyl/N-ethyl adjacent to an activating group) is 1. The average molecular weight is 197 g/mol. The maximum Gasteiger partial charge on any atom is 0.158 e. The summed E-state index contributed by atoms with van der Waals surface area (Å²) in [6.07, 6.45) is -0.590. The summed E-state index contributed by atoms with van der Waals surface area (Å²) in [5.74, 6) is 0. The second kappa shape index (κ2) is 4.35. The Morgan fingerprint density at radius 1 is 1.50 bits per heavy atom. The first-order valence-electron chi connectivity index (χ1n) is 3.62. The Kier molecular flexibility index (Phi) is 4.37. The molecule has 0 aromatic rings. The van der Waals surface area contributed by atoms with E-state index < -0.39 is 13.9 Å². The van der Waals surface area contributed by atoms with E-state index in [-0.39, 0.29) is 0 Å². The Bertz CT molecular complexity index is 171. The topological polar surface area (TPSA) is 69.6 Å². The average Bonchev–Trinajstić information content (AvgIpc) is 1.76. The molecule has 0 amide bonds. The minimum Gasteiger partial charge on any atom is -0.777 e. The summed E-state index contributed by atoms with van der Waals surface area (Å²) in [6, 6.07) is 0. The van der Waals surface area contributed by atoms with Crippen molar-refractivity contribution in [3.63, 3.8) is 0 Å². The SMILES string of the molecule is C[N+](C)(C)CCOCP(=O)([O-])O. The first-order chi connectivity index (χ1) is 5.21. The van der Waals surface area contributed by atoms with Crippen LogP contribution in [0.5, 0.6) is 0 Å². The van der Waals surface area contributed by atoms with E-state index in [4.69, 9.17) is 9.63 Å². The molecular formula is C6H16NO4P. The van der Waals surface area contributed by atoms with Gasteiger partial charge in [-0.25, -0.2) is 0 Å². The van der Waals surface area contributed by atoms with Gasteiger partial charge >= 0.3 is 0 Å². The highest BCUT2D eigenvalue weighted by atomic mass is 31.2. The van der Waals surface area contributed by atoms with Crippen LogP contribution in [0.4, 0.5) is 0 Å². The van der Waals surface area contributed by atoms with E-state index >= 15 is 0 Å². The Balaban J connectivity index is 3.41. The Hall–Kier alpha value is 0.0700. The van der Waals surface area contributed by atoms with E-state index in [9.17, 15) is 9.46 Å². The molecule has 74 valence electrons. The molecule has 0 radical (unpaired) electrons. The zero-order chi connectivity index (χ0) is 9.83. The molecule has 0 aliphatic heterocycles. The van der Waals surface area contributed by atoms with Crippen molar-refractivity contribution < 1.29 is 23.6 Å². The third-order valence-corrected chi connectivity index (χ3v) is 1.67. The van der Waals surface area contributed by atoms with Gasteiger partial charge in [0, 0.05) is 0 Å². The van der Waals surface area contributed by atoms with Crippen LogP contribution in [0, 0.1) is 0 Å². The number of rotatable bonds is 5. The molecule has 0 bridgehead atoms. The van der Waals surface area contributed by atoms with Crippen LogP contribution in [0.25, 0.3) is 0 Å². The molecule has 6 heteroatoms. The van der Waals surface area contributed by atoms with Gasteiger partial charge in [-0.2, -0.15) is 0 Å². The van der Waals surface area contributed by atoms with Crippen molar-refractivity contribution in [3.8, 4) is 0 Å². The van der Waals surface area contributed by atoms with E-state index in [1.807, 2.05) is 21.1 Å². The van der Waals surface area contributed by atoms with Gasteiger partial charge in [0.2, 0.25) is 0 Å². The summed E-state index contributed by atoms with van der Waals surface area (Å²) in [5.41, 5.74) is 0. The van der Waals surface area contributed by atoms with E-state index in [2.05, 4.69) is 0 Å². The highest BCUT2D eigenvalue weighted by Crippen LogP contribution is 2.27. The Morgan fingerprint density at radius 2 is 2.00 bits per heavy atom.